The Balaban J connectivity index is 2.09. The molecule has 3 fully saturated rings. The van der Waals surface area contributed by atoms with E-state index in [4.69, 9.17) is 9.47 Å². The van der Waals surface area contributed by atoms with Crippen molar-refractivity contribution in [2.24, 2.45) is 39.4 Å². The van der Waals surface area contributed by atoms with Gasteiger partial charge in [0, 0.05) is 42.3 Å². The van der Waals surface area contributed by atoms with E-state index in [0.717, 1.165) is 11.1 Å². The van der Waals surface area contributed by atoms with Gasteiger partial charge in [-0.25, -0.2) is 0 Å². The second-order valence-corrected chi connectivity index (χ2v) is 17.6. The van der Waals surface area contributed by atoms with Crippen LogP contribution in [0.5, 0.6) is 0 Å². The highest BCUT2D eigenvalue weighted by Gasteiger charge is 2.78. The molecule has 7 heteroatoms. The van der Waals surface area contributed by atoms with Crippen molar-refractivity contribution < 1.29 is 34.1 Å². The topological polar surface area (TPSA) is 110 Å². The van der Waals surface area contributed by atoms with E-state index in [-0.39, 0.29) is 42.9 Å². The Morgan fingerprint density at radius 2 is 1.59 bits per heavy atom. The van der Waals surface area contributed by atoms with Crippen molar-refractivity contribution in [1.29, 1.82) is 0 Å². The van der Waals surface area contributed by atoms with Gasteiger partial charge in [0.05, 0.1) is 22.7 Å². The molecule has 7 nitrogen and oxygen atoms in total. The Labute approximate surface area is 277 Å². The fraction of sp³-hybridized carbons (Fsp3) is 0.769. The maximum atomic E-state index is 15.6. The van der Waals surface area contributed by atoms with Crippen molar-refractivity contribution in [1.82, 2.24) is 0 Å². The lowest BCUT2D eigenvalue weighted by Crippen LogP contribution is -2.70. The predicted octanol–water partition coefficient (Wildman–Crippen LogP) is 7.09. The van der Waals surface area contributed by atoms with Gasteiger partial charge in [-0.1, -0.05) is 57.9 Å². The standard InChI is InChI=1S/C39H60O7/c1-22(2)14-15-25-19-38-20-29(35(9,10)44)45-32(38)26(18-28-34(7,8)27(21-40)36(11,12)46-28)31(42)39(33(38)43,30(41)24(5)6)37(25,13)17-16-23(3)4/h14,16,24-25,27-29,40,44H,15,17-21H2,1-13H3/t25-,27-,28-,29-,37+,38?,39-/m0/s1. The van der Waals surface area contributed by atoms with Crippen molar-refractivity contribution >= 4 is 17.3 Å². The molecule has 0 aromatic carbocycles. The molecule has 0 amide bonds. The highest BCUT2D eigenvalue weighted by atomic mass is 16.5. The molecule has 2 aliphatic carbocycles. The second kappa shape index (κ2) is 11.8. The lowest BCUT2D eigenvalue weighted by Gasteiger charge is -2.60. The van der Waals surface area contributed by atoms with Gasteiger partial charge in [0.15, 0.2) is 22.8 Å². The number of ether oxygens (including phenoxy) is 2. The Morgan fingerprint density at radius 1 is 1.00 bits per heavy atom. The molecular weight excluding hydrogens is 580 g/mol. The Kier molecular flexibility index (Phi) is 9.43. The molecule has 0 radical (unpaired) electrons. The van der Waals surface area contributed by atoms with Crippen LogP contribution < -0.4 is 0 Å². The Bertz CT molecular complexity index is 1360. The predicted molar refractivity (Wildman–Crippen MR) is 180 cm³/mol. The third kappa shape index (κ3) is 5.31. The molecule has 1 saturated carbocycles. The van der Waals surface area contributed by atoms with Crippen LogP contribution in [0.15, 0.2) is 34.6 Å². The molecule has 4 aliphatic rings. The number of carbonyl (C=O) groups excluding carboxylic acids is 3. The van der Waals surface area contributed by atoms with E-state index in [2.05, 4.69) is 12.2 Å². The number of aliphatic hydroxyl groups is 2. The lowest BCUT2D eigenvalue weighted by molar-refractivity contribution is -0.178. The fourth-order valence-corrected chi connectivity index (χ4v) is 9.43. The summed E-state index contributed by atoms with van der Waals surface area (Å²) in [6.07, 6.45) is 4.84. The third-order valence-electron chi connectivity index (χ3n) is 12.3. The van der Waals surface area contributed by atoms with E-state index in [0.29, 0.717) is 30.6 Å². The van der Waals surface area contributed by atoms with Gasteiger partial charge >= 0.3 is 0 Å². The van der Waals surface area contributed by atoms with Crippen LogP contribution in [-0.4, -0.2) is 57.6 Å². The number of rotatable bonds is 10. The van der Waals surface area contributed by atoms with Crippen molar-refractivity contribution in [3.63, 3.8) is 0 Å². The normalized spacial score (nSPS) is 36.4. The summed E-state index contributed by atoms with van der Waals surface area (Å²) >= 11 is 0. The number of Topliss-reactive ketones (excluding diaryl/α,β-unsaturated/α-hetero) is 3. The number of hydrogen-bond acceptors (Lipinski definition) is 7. The van der Waals surface area contributed by atoms with Crippen LogP contribution in [0.1, 0.15) is 122 Å². The molecule has 2 heterocycles. The molecule has 2 saturated heterocycles. The van der Waals surface area contributed by atoms with E-state index >= 15 is 9.59 Å². The zero-order valence-corrected chi connectivity index (χ0v) is 30.7. The summed E-state index contributed by atoms with van der Waals surface area (Å²) in [6.45, 7) is 24.9. The first-order valence-electron chi connectivity index (χ1n) is 17.3. The maximum absolute atomic E-state index is 15.6. The molecule has 46 heavy (non-hydrogen) atoms. The Morgan fingerprint density at radius 3 is 2.07 bits per heavy atom. The minimum Gasteiger partial charge on any atom is -0.490 e. The summed E-state index contributed by atoms with van der Waals surface area (Å²) < 4.78 is 13.2. The quantitative estimate of drug-likeness (QED) is 0.194. The number of carbonyl (C=O) groups is 3. The van der Waals surface area contributed by atoms with E-state index < -0.39 is 56.8 Å². The smallest absolute Gasteiger partial charge is 0.183 e. The molecule has 1 unspecified atom stereocenters. The summed E-state index contributed by atoms with van der Waals surface area (Å²) in [5.74, 6) is -1.76. The lowest BCUT2D eigenvalue weighted by atomic mass is 9.38. The summed E-state index contributed by atoms with van der Waals surface area (Å²) in [6, 6.07) is 0. The molecule has 2 N–H and O–H groups in total. The second-order valence-electron chi connectivity index (χ2n) is 17.6. The molecule has 1 spiro atoms. The Hall–Kier alpha value is -2.09. The van der Waals surface area contributed by atoms with E-state index in [9.17, 15) is 15.0 Å². The third-order valence-corrected chi connectivity index (χ3v) is 12.3. The van der Waals surface area contributed by atoms with Crippen LogP contribution in [0.25, 0.3) is 0 Å². The highest BCUT2D eigenvalue weighted by molar-refractivity contribution is 6.33. The van der Waals surface area contributed by atoms with Crippen LogP contribution in [0.2, 0.25) is 0 Å². The molecular formula is C39H60O7. The van der Waals surface area contributed by atoms with Crippen LogP contribution in [0.4, 0.5) is 0 Å². The number of hydrogen-bond donors (Lipinski definition) is 2. The maximum Gasteiger partial charge on any atom is 0.183 e. The monoisotopic (exact) mass is 640 g/mol. The number of ketones is 3. The highest BCUT2D eigenvalue weighted by Crippen LogP contribution is 2.70. The first-order chi connectivity index (χ1) is 20.9. The van der Waals surface area contributed by atoms with E-state index in [1.165, 1.54) is 0 Å². The zero-order valence-electron chi connectivity index (χ0n) is 30.7. The van der Waals surface area contributed by atoms with Crippen LogP contribution in [0, 0.1) is 39.4 Å². The van der Waals surface area contributed by atoms with Gasteiger partial charge in [-0.3, -0.25) is 14.4 Å². The minimum absolute atomic E-state index is 0.0708. The first-order valence-corrected chi connectivity index (χ1v) is 17.3. The van der Waals surface area contributed by atoms with E-state index in [1.54, 1.807) is 27.7 Å². The molecule has 258 valence electrons. The molecule has 7 atom stereocenters. The van der Waals surface area contributed by atoms with Gasteiger partial charge in [-0.15, -0.1) is 0 Å². The van der Waals surface area contributed by atoms with Gasteiger partial charge in [0.2, 0.25) is 0 Å². The van der Waals surface area contributed by atoms with Gasteiger partial charge < -0.3 is 19.7 Å². The van der Waals surface area contributed by atoms with Gasteiger partial charge in [0.1, 0.15) is 11.9 Å². The van der Waals surface area contributed by atoms with Gasteiger partial charge in [0.25, 0.3) is 0 Å². The average molecular weight is 641 g/mol. The van der Waals surface area contributed by atoms with Gasteiger partial charge in [-0.2, -0.15) is 0 Å². The van der Waals surface area contributed by atoms with Crippen LogP contribution in [0.3, 0.4) is 0 Å². The van der Waals surface area contributed by atoms with Crippen molar-refractivity contribution in [2.45, 2.75) is 146 Å². The van der Waals surface area contributed by atoms with Crippen molar-refractivity contribution in [3.05, 3.63) is 34.6 Å². The number of allylic oxidation sites excluding steroid dienone is 5. The fourth-order valence-electron chi connectivity index (χ4n) is 9.43. The zero-order chi connectivity index (χ0) is 35.0. The largest absolute Gasteiger partial charge is 0.490 e. The van der Waals surface area contributed by atoms with Crippen LogP contribution in [-0.2, 0) is 23.9 Å². The molecule has 0 aromatic rings. The average Bonchev–Trinajstić information content (AvgIpc) is 3.39. The number of aliphatic hydroxyl groups excluding tert-OH is 1. The van der Waals surface area contributed by atoms with Crippen LogP contribution >= 0.6 is 0 Å². The van der Waals surface area contributed by atoms with Crippen molar-refractivity contribution in [3.8, 4) is 0 Å². The molecule has 4 rings (SSSR count). The minimum atomic E-state index is -1.92. The molecule has 2 aliphatic heterocycles. The summed E-state index contributed by atoms with van der Waals surface area (Å²) in [7, 11) is 0. The molecule has 2 bridgehead atoms. The summed E-state index contributed by atoms with van der Waals surface area (Å²) in [4.78, 5) is 46.0. The number of fused-ring (bicyclic) bond motifs is 1. The van der Waals surface area contributed by atoms with Crippen molar-refractivity contribution in [2.75, 3.05) is 6.61 Å². The summed E-state index contributed by atoms with van der Waals surface area (Å²) in [5, 5.41) is 21.7. The van der Waals surface area contributed by atoms with Gasteiger partial charge in [-0.05, 0) is 86.0 Å². The SMILES string of the molecule is CC(C)=CC[C@H]1CC23C[C@@H](C(C)(C)O)OC2=C(C[C@@H]2OC(C)(C)[C@@H](CO)C2(C)C)C(=O)[C@@](C(=O)C(C)C)(C3=O)[C@]1(C)CC=C(C)C. The molecule has 0 aromatic heterocycles. The summed E-state index contributed by atoms with van der Waals surface area (Å²) in [5.41, 5.74) is -4.06. The van der Waals surface area contributed by atoms with E-state index in [1.807, 2.05) is 62.3 Å². The first kappa shape index (κ1) is 36.7.